The molecule has 0 aliphatic heterocycles. The first-order valence-corrected chi connectivity index (χ1v) is 7.09. The van der Waals surface area contributed by atoms with Crippen LogP contribution in [0.2, 0.25) is 5.02 Å². The smallest absolute Gasteiger partial charge is 0.253 e. The molecule has 0 bridgehead atoms. The second-order valence-electron chi connectivity index (χ2n) is 4.34. The van der Waals surface area contributed by atoms with Gasteiger partial charge in [0.1, 0.15) is 6.04 Å². The average Bonchev–Trinajstić information content (AvgIpc) is 2.37. The van der Waals surface area contributed by atoms with E-state index in [9.17, 15) is 9.59 Å². The Morgan fingerprint density at radius 3 is 2.63 bits per heavy atom. The molecule has 4 nitrogen and oxygen atoms in total. The largest absolute Gasteiger partial charge is 0.368 e. The minimum absolute atomic E-state index is 0.0348. The summed E-state index contributed by atoms with van der Waals surface area (Å²) >= 11 is 9.29. The lowest BCUT2D eigenvalue weighted by Crippen LogP contribution is -2.48. The Labute approximate surface area is 125 Å². The predicted octanol–water partition coefficient (Wildman–Crippen LogP) is 2.73. The molecule has 0 aromatic heterocycles. The molecule has 19 heavy (non-hydrogen) atoms. The molecule has 1 aromatic carbocycles. The highest BCUT2D eigenvalue weighted by Gasteiger charge is 2.25. The van der Waals surface area contributed by atoms with Gasteiger partial charge in [0.05, 0.1) is 10.6 Å². The zero-order valence-electron chi connectivity index (χ0n) is 10.7. The van der Waals surface area contributed by atoms with Crippen molar-refractivity contribution < 1.29 is 9.59 Å². The zero-order valence-corrected chi connectivity index (χ0v) is 13.1. The zero-order chi connectivity index (χ0) is 14.6. The van der Waals surface area contributed by atoms with Gasteiger partial charge < -0.3 is 11.1 Å². The number of amides is 2. The maximum Gasteiger partial charge on any atom is 0.253 e. The first-order valence-electron chi connectivity index (χ1n) is 5.92. The van der Waals surface area contributed by atoms with Gasteiger partial charge in [-0.25, -0.2) is 0 Å². The molecule has 2 atom stereocenters. The van der Waals surface area contributed by atoms with Gasteiger partial charge in [0.15, 0.2) is 0 Å². The van der Waals surface area contributed by atoms with Crippen LogP contribution in [0.4, 0.5) is 0 Å². The summed E-state index contributed by atoms with van der Waals surface area (Å²) in [6, 6.07) is 4.33. The minimum Gasteiger partial charge on any atom is -0.368 e. The summed E-state index contributed by atoms with van der Waals surface area (Å²) < 4.78 is 0.626. The number of rotatable bonds is 5. The highest BCUT2D eigenvalue weighted by Crippen LogP contribution is 2.26. The number of carbonyl (C=O) groups excluding carboxylic acids is 2. The van der Waals surface area contributed by atoms with Crippen LogP contribution in [0, 0.1) is 5.92 Å². The Morgan fingerprint density at radius 1 is 1.47 bits per heavy atom. The van der Waals surface area contributed by atoms with Crippen molar-refractivity contribution >= 4 is 39.3 Å². The number of benzene rings is 1. The summed E-state index contributed by atoms with van der Waals surface area (Å²) in [6.07, 6.45) is 0.736. The second-order valence-corrected chi connectivity index (χ2v) is 5.57. The standard InChI is InChI=1S/C13H16BrClN2O2/c1-3-7(2)11(12(16)18)17-13(19)8-5-4-6-9(14)10(8)15/h4-7,11H,3H2,1-2H3,(H2,16,18)(H,17,19)/t7-,11+/m1/s1. The Balaban J connectivity index is 2.94. The van der Waals surface area contributed by atoms with Gasteiger partial charge in [-0.05, 0) is 34.0 Å². The van der Waals surface area contributed by atoms with Crippen LogP contribution in [0.1, 0.15) is 30.6 Å². The number of hydrogen-bond donors (Lipinski definition) is 2. The third kappa shape index (κ3) is 3.94. The number of nitrogens with two attached hydrogens (primary N) is 1. The SMILES string of the molecule is CC[C@@H](C)[C@H](NC(=O)c1cccc(Br)c1Cl)C(N)=O. The van der Waals surface area contributed by atoms with Gasteiger partial charge >= 0.3 is 0 Å². The minimum atomic E-state index is -0.701. The fourth-order valence-electron chi connectivity index (χ4n) is 1.63. The van der Waals surface area contributed by atoms with Crippen molar-refractivity contribution in [1.82, 2.24) is 5.32 Å². The van der Waals surface area contributed by atoms with Gasteiger partial charge in [0, 0.05) is 4.47 Å². The molecule has 0 saturated heterocycles. The highest BCUT2D eigenvalue weighted by atomic mass is 79.9. The number of primary amides is 1. The van der Waals surface area contributed by atoms with E-state index in [-0.39, 0.29) is 5.92 Å². The van der Waals surface area contributed by atoms with Crippen molar-refractivity contribution in [2.24, 2.45) is 11.7 Å². The molecule has 0 heterocycles. The van der Waals surface area contributed by atoms with Crippen LogP contribution in [-0.4, -0.2) is 17.9 Å². The molecular formula is C13H16BrClN2O2. The molecule has 0 aliphatic carbocycles. The molecule has 104 valence electrons. The lowest BCUT2D eigenvalue weighted by Gasteiger charge is -2.21. The molecule has 1 aromatic rings. The summed E-state index contributed by atoms with van der Waals surface area (Å²) in [4.78, 5) is 23.5. The third-order valence-corrected chi connectivity index (χ3v) is 4.30. The normalized spacial score (nSPS) is 13.7. The van der Waals surface area contributed by atoms with Crippen molar-refractivity contribution in [2.45, 2.75) is 26.3 Å². The summed E-state index contributed by atoms with van der Waals surface area (Å²) in [6.45, 7) is 3.79. The quantitative estimate of drug-likeness (QED) is 0.859. The molecular weight excluding hydrogens is 332 g/mol. The van der Waals surface area contributed by atoms with Crippen molar-refractivity contribution in [1.29, 1.82) is 0 Å². The van der Waals surface area contributed by atoms with E-state index in [0.717, 1.165) is 6.42 Å². The lowest BCUT2D eigenvalue weighted by molar-refractivity contribution is -0.120. The van der Waals surface area contributed by atoms with E-state index >= 15 is 0 Å². The van der Waals surface area contributed by atoms with Gasteiger partial charge in [-0.3, -0.25) is 9.59 Å². The van der Waals surface area contributed by atoms with E-state index in [1.807, 2.05) is 13.8 Å². The Hall–Kier alpha value is -1.07. The van der Waals surface area contributed by atoms with E-state index in [0.29, 0.717) is 15.1 Å². The molecule has 3 N–H and O–H groups in total. The molecule has 0 aliphatic rings. The number of halogens is 2. The summed E-state index contributed by atoms with van der Waals surface area (Å²) in [5.74, 6) is -0.989. The summed E-state index contributed by atoms with van der Waals surface area (Å²) in [5, 5.41) is 2.95. The van der Waals surface area contributed by atoms with Crippen LogP contribution in [0.15, 0.2) is 22.7 Å². The summed E-state index contributed by atoms with van der Waals surface area (Å²) in [7, 11) is 0. The summed E-state index contributed by atoms with van der Waals surface area (Å²) in [5.41, 5.74) is 5.62. The molecule has 0 radical (unpaired) electrons. The van der Waals surface area contributed by atoms with Gasteiger partial charge in [-0.1, -0.05) is 37.9 Å². The van der Waals surface area contributed by atoms with Crippen LogP contribution < -0.4 is 11.1 Å². The first kappa shape index (κ1) is 16.0. The van der Waals surface area contributed by atoms with Crippen LogP contribution in [0.25, 0.3) is 0 Å². The topological polar surface area (TPSA) is 72.2 Å². The van der Waals surface area contributed by atoms with Crippen molar-refractivity contribution in [3.8, 4) is 0 Å². The number of hydrogen-bond acceptors (Lipinski definition) is 2. The van der Waals surface area contributed by atoms with E-state index in [2.05, 4.69) is 21.2 Å². The van der Waals surface area contributed by atoms with E-state index in [4.69, 9.17) is 17.3 Å². The fraction of sp³-hybridized carbons (Fsp3) is 0.385. The molecule has 0 fully saturated rings. The number of nitrogens with one attached hydrogen (secondary N) is 1. The Morgan fingerprint density at radius 2 is 2.11 bits per heavy atom. The third-order valence-electron chi connectivity index (χ3n) is 3.00. The van der Waals surface area contributed by atoms with Gasteiger partial charge in [0.25, 0.3) is 5.91 Å². The van der Waals surface area contributed by atoms with Crippen molar-refractivity contribution in [2.75, 3.05) is 0 Å². The van der Waals surface area contributed by atoms with Crippen LogP contribution in [0.5, 0.6) is 0 Å². The highest BCUT2D eigenvalue weighted by molar-refractivity contribution is 9.10. The van der Waals surface area contributed by atoms with Crippen molar-refractivity contribution in [3.05, 3.63) is 33.3 Å². The molecule has 6 heteroatoms. The van der Waals surface area contributed by atoms with Gasteiger partial charge in [-0.2, -0.15) is 0 Å². The fourth-order valence-corrected chi connectivity index (χ4v) is 2.21. The average molecular weight is 348 g/mol. The van der Waals surface area contributed by atoms with E-state index in [1.54, 1.807) is 18.2 Å². The number of carbonyl (C=O) groups is 2. The lowest BCUT2D eigenvalue weighted by atomic mass is 9.98. The van der Waals surface area contributed by atoms with E-state index in [1.165, 1.54) is 0 Å². The molecule has 0 saturated carbocycles. The Bertz CT molecular complexity index is 494. The predicted molar refractivity (Wildman–Crippen MR) is 79.1 cm³/mol. The van der Waals surface area contributed by atoms with Crippen LogP contribution in [0.3, 0.4) is 0 Å². The molecule has 0 spiro atoms. The van der Waals surface area contributed by atoms with Gasteiger partial charge in [-0.15, -0.1) is 0 Å². The van der Waals surface area contributed by atoms with Crippen LogP contribution in [-0.2, 0) is 4.79 Å². The van der Waals surface area contributed by atoms with E-state index < -0.39 is 17.9 Å². The molecule has 0 unspecified atom stereocenters. The van der Waals surface area contributed by atoms with Crippen molar-refractivity contribution in [3.63, 3.8) is 0 Å². The first-order chi connectivity index (χ1) is 8.88. The Kier molecular flexibility index (Phi) is 5.82. The maximum atomic E-state index is 12.1. The second kappa shape index (κ2) is 6.91. The van der Waals surface area contributed by atoms with Crippen LogP contribution >= 0.6 is 27.5 Å². The monoisotopic (exact) mass is 346 g/mol. The molecule has 1 rings (SSSR count). The molecule has 2 amide bonds. The maximum absolute atomic E-state index is 12.1. The van der Waals surface area contributed by atoms with Gasteiger partial charge in [0.2, 0.25) is 5.91 Å².